The monoisotopic (exact) mass is 278 g/mol. The number of nitrogens with two attached hydrogens (primary N) is 1. The first-order valence-electron chi connectivity index (χ1n) is 7.09. The number of anilines is 2. The lowest BCUT2D eigenvalue weighted by atomic mass is 10.0. The lowest BCUT2D eigenvalue weighted by Crippen LogP contribution is -2.39. The predicted molar refractivity (Wildman–Crippen MR) is 79.0 cm³/mol. The van der Waals surface area contributed by atoms with Crippen LogP contribution in [0.2, 0.25) is 0 Å². The molecule has 0 saturated carbocycles. The molecule has 1 aromatic rings. The van der Waals surface area contributed by atoms with E-state index in [1.807, 2.05) is 0 Å². The largest absolute Gasteiger partial charge is 0.477 e. The Balaban J connectivity index is 1.97. The second-order valence-electron chi connectivity index (χ2n) is 5.20. The lowest BCUT2D eigenvalue weighted by molar-refractivity contribution is 0.0690. The van der Waals surface area contributed by atoms with Crippen LogP contribution in [-0.2, 0) is 0 Å². The zero-order valence-electron chi connectivity index (χ0n) is 11.8. The van der Waals surface area contributed by atoms with Crippen LogP contribution in [0.15, 0.2) is 12.1 Å². The Morgan fingerprint density at radius 3 is 2.80 bits per heavy atom. The summed E-state index contributed by atoms with van der Waals surface area (Å²) in [4.78, 5) is 17.5. The molecule has 1 fully saturated rings. The molecule has 1 saturated heterocycles. The summed E-state index contributed by atoms with van der Waals surface area (Å²) in [7, 11) is 0. The van der Waals surface area contributed by atoms with Gasteiger partial charge in [0.05, 0.1) is 5.69 Å². The molecule has 0 unspecified atom stereocenters. The average molecular weight is 278 g/mol. The SMILES string of the molecule is CCCN1CCC(Nc2nc(C(=O)O)ccc2N)CC1. The molecule has 0 aromatic carbocycles. The first-order chi connectivity index (χ1) is 9.60. The molecular weight excluding hydrogens is 256 g/mol. The van der Waals surface area contributed by atoms with Crippen LogP contribution < -0.4 is 11.1 Å². The average Bonchev–Trinajstić information content (AvgIpc) is 2.43. The van der Waals surface area contributed by atoms with E-state index < -0.39 is 5.97 Å². The van der Waals surface area contributed by atoms with Crippen LogP contribution in [0.1, 0.15) is 36.7 Å². The molecule has 1 aliphatic heterocycles. The quantitative estimate of drug-likeness (QED) is 0.758. The summed E-state index contributed by atoms with van der Waals surface area (Å²) in [6.45, 7) is 5.45. The van der Waals surface area contributed by atoms with Crippen molar-refractivity contribution in [2.24, 2.45) is 0 Å². The van der Waals surface area contributed by atoms with Crippen LogP contribution >= 0.6 is 0 Å². The van der Waals surface area contributed by atoms with Gasteiger partial charge in [-0.3, -0.25) is 0 Å². The van der Waals surface area contributed by atoms with Gasteiger partial charge in [-0.1, -0.05) is 6.92 Å². The molecule has 0 atom stereocenters. The fraction of sp³-hybridized carbons (Fsp3) is 0.571. The van der Waals surface area contributed by atoms with E-state index in [0.29, 0.717) is 17.5 Å². The van der Waals surface area contributed by atoms with Crippen LogP contribution in [0.5, 0.6) is 0 Å². The molecule has 2 rings (SSSR count). The minimum atomic E-state index is -1.04. The normalized spacial score (nSPS) is 17.1. The fourth-order valence-electron chi connectivity index (χ4n) is 2.52. The maximum Gasteiger partial charge on any atom is 0.354 e. The van der Waals surface area contributed by atoms with E-state index in [-0.39, 0.29) is 5.69 Å². The number of rotatable bonds is 5. The van der Waals surface area contributed by atoms with Gasteiger partial charge in [-0.15, -0.1) is 0 Å². The molecule has 6 nitrogen and oxygen atoms in total. The Labute approximate surface area is 119 Å². The van der Waals surface area contributed by atoms with E-state index in [9.17, 15) is 4.79 Å². The Bertz CT molecular complexity index is 470. The smallest absolute Gasteiger partial charge is 0.354 e. The second kappa shape index (κ2) is 6.56. The highest BCUT2D eigenvalue weighted by Gasteiger charge is 2.20. The maximum absolute atomic E-state index is 10.9. The van der Waals surface area contributed by atoms with Crippen molar-refractivity contribution in [3.63, 3.8) is 0 Å². The predicted octanol–water partition coefficient (Wildman–Crippen LogP) is 1.65. The Hall–Kier alpha value is -1.82. The summed E-state index contributed by atoms with van der Waals surface area (Å²) >= 11 is 0. The Kier molecular flexibility index (Phi) is 4.79. The van der Waals surface area contributed by atoms with E-state index in [1.165, 1.54) is 12.5 Å². The summed E-state index contributed by atoms with van der Waals surface area (Å²) in [5, 5.41) is 12.2. The number of hydrogen-bond donors (Lipinski definition) is 3. The number of hydrogen-bond acceptors (Lipinski definition) is 5. The number of piperidine rings is 1. The van der Waals surface area contributed by atoms with Crippen molar-refractivity contribution >= 4 is 17.5 Å². The number of nitrogens with one attached hydrogen (secondary N) is 1. The van der Waals surface area contributed by atoms with Gasteiger partial charge in [-0.2, -0.15) is 0 Å². The number of pyridine rings is 1. The van der Waals surface area contributed by atoms with Gasteiger partial charge in [-0.25, -0.2) is 9.78 Å². The number of likely N-dealkylation sites (tertiary alicyclic amines) is 1. The van der Waals surface area contributed by atoms with Gasteiger partial charge < -0.3 is 21.1 Å². The van der Waals surface area contributed by atoms with Crippen LogP contribution in [0.4, 0.5) is 11.5 Å². The molecule has 6 heteroatoms. The first-order valence-corrected chi connectivity index (χ1v) is 7.09. The van der Waals surface area contributed by atoms with Crippen molar-refractivity contribution in [1.82, 2.24) is 9.88 Å². The van der Waals surface area contributed by atoms with Crippen LogP contribution in [-0.4, -0.2) is 46.6 Å². The molecule has 20 heavy (non-hydrogen) atoms. The molecule has 0 radical (unpaired) electrons. The minimum absolute atomic E-state index is 0.0186. The number of carboxylic acids is 1. The van der Waals surface area contributed by atoms with Gasteiger partial charge in [0, 0.05) is 19.1 Å². The van der Waals surface area contributed by atoms with Gasteiger partial charge in [0.25, 0.3) is 0 Å². The molecule has 0 amide bonds. The van der Waals surface area contributed by atoms with Crippen molar-refractivity contribution < 1.29 is 9.90 Å². The lowest BCUT2D eigenvalue weighted by Gasteiger charge is -2.32. The van der Waals surface area contributed by atoms with E-state index in [0.717, 1.165) is 32.5 Å². The number of carboxylic acid groups (broad SMARTS) is 1. The third-order valence-electron chi connectivity index (χ3n) is 3.61. The molecular formula is C14H22N4O2. The van der Waals surface area contributed by atoms with E-state index in [4.69, 9.17) is 10.8 Å². The standard InChI is InChI=1S/C14H22N4O2/c1-2-7-18-8-5-10(6-9-18)16-13-11(15)3-4-12(17-13)14(19)20/h3-4,10H,2,5-9,15H2,1H3,(H,16,17)(H,19,20). The molecule has 0 aliphatic carbocycles. The van der Waals surface area contributed by atoms with Crippen molar-refractivity contribution in [2.45, 2.75) is 32.2 Å². The summed E-state index contributed by atoms with van der Waals surface area (Å²) in [5.74, 6) is -0.551. The molecule has 1 aromatic heterocycles. The van der Waals surface area contributed by atoms with Gasteiger partial charge in [0.15, 0.2) is 5.69 Å². The number of aromatic nitrogens is 1. The van der Waals surface area contributed by atoms with Gasteiger partial charge >= 0.3 is 5.97 Å². The van der Waals surface area contributed by atoms with Gasteiger partial charge in [0.1, 0.15) is 5.82 Å². The van der Waals surface area contributed by atoms with Crippen LogP contribution in [0, 0.1) is 0 Å². The summed E-state index contributed by atoms with van der Waals surface area (Å²) in [6.07, 6.45) is 3.23. The van der Waals surface area contributed by atoms with Crippen molar-refractivity contribution in [1.29, 1.82) is 0 Å². The molecule has 4 N–H and O–H groups in total. The zero-order chi connectivity index (χ0) is 14.5. The van der Waals surface area contributed by atoms with Crippen LogP contribution in [0.25, 0.3) is 0 Å². The van der Waals surface area contributed by atoms with Crippen molar-refractivity contribution in [2.75, 3.05) is 30.7 Å². The molecule has 0 spiro atoms. The van der Waals surface area contributed by atoms with Gasteiger partial charge in [0.2, 0.25) is 0 Å². The second-order valence-corrected chi connectivity index (χ2v) is 5.20. The number of nitrogens with zero attached hydrogens (tertiary/aromatic N) is 2. The highest BCUT2D eigenvalue weighted by atomic mass is 16.4. The van der Waals surface area contributed by atoms with Crippen molar-refractivity contribution in [3.05, 3.63) is 17.8 Å². The highest BCUT2D eigenvalue weighted by molar-refractivity contribution is 5.86. The third-order valence-corrected chi connectivity index (χ3v) is 3.61. The number of nitrogen functional groups attached to an aromatic ring is 1. The Morgan fingerprint density at radius 1 is 1.50 bits per heavy atom. The topological polar surface area (TPSA) is 91.5 Å². The first kappa shape index (κ1) is 14.6. The van der Waals surface area contributed by atoms with Gasteiger partial charge in [-0.05, 0) is 37.9 Å². The van der Waals surface area contributed by atoms with Crippen LogP contribution in [0.3, 0.4) is 0 Å². The fourth-order valence-corrected chi connectivity index (χ4v) is 2.52. The molecule has 0 bridgehead atoms. The molecule has 2 heterocycles. The maximum atomic E-state index is 10.9. The minimum Gasteiger partial charge on any atom is -0.477 e. The molecule has 1 aliphatic rings. The summed E-state index contributed by atoms with van der Waals surface area (Å²) < 4.78 is 0. The van der Waals surface area contributed by atoms with Crippen molar-refractivity contribution in [3.8, 4) is 0 Å². The highest BCUT2D eigenvalue weighted by Crippen LogP contribution is 2.20. The number of aromatic carboxylic acids is 1. The van der Waals surface area contributed by atoms with E-state index >= 15 is 0 Å². The van der Waals surface area contributed by atoms with E-state index in [2.05, 4.69) is 22.1 Å². The summed E-state index contributed by atoms with van der Waals surface area (Å²) in [5.41, 5.74) is 6.36. The zero-order valence-corrected chi connectivity index (χ0v) is 11.8. The third kappa shape index (κ3) is 3.60. The summed E-state index contributed by atoms with van der Waals surface area (Å²) in [6, 6.07) is 3.32. The molecule has 110 valence electrons. The number of carbonyl (C=O) groups is 1. The van der Waals surface area contributed by atoms with E-state index in [1.54, 1.807) is 6.07 Å². The Morgan fingerprint density at radius 2 is 2.20 bits per heavy atom.